The molecule has 4 rings (SSSR count). The number of rotatable bonds is 11. The molecule has 2 amide bonds. The van der Waals surface area contributed by atoms with Crippen molar-refractivity contribution in [2.45, 2.75) is 45.1 Å². The maximum atomic E-state index is 13.6. The van der Waals surface area contributed by atoms with Gasteiger partial charge in [0.15, 0.2) is 0 Å². The van der Waals surface area contributed by atoms with Crippen LogP contribution in [0.5, 0.6) is 5.75 Å². The highest BCUT2D eigenvalue weighted by Crippen LogP contribution is 2.47. The van der Waals surface area contributed by atoms with Crippen LogP contribution in [-0.2, 0) is 14.3 Å². The second-order valence-corrected chi connectivity index (χ2v) is 10.1. The van der Waals surface area contributed by atoms with Gasteiger partial charge in [-0.1, -0.05) is 61.4 Å². The predicted molar refractivity (Wildman–Crippen MR) is 146 cm³/mol. The summed E-state index contributed by atoms with van der Waals surface area (Å²) in [6.07, 6.45) is 4.08. The number of benzene rings is 2. The van der Waals surface area contributed by atoms with Gasteiger partial charge in [0.05, 0.1) is 36.8 Å². The van der Waals surface area contributed by atoms with Crippen molar-refractivity contribution >= 4 is 23.6 Å². The van der Waals surface area contributed by atoms with Crippen LogP contribution in [0.25, 0.3) is 6.08 Å². The number of aliphatic hydroxyl groups is 2. The molecule has 38 heavy (non-hydrogen) atoms. The number of ether oxygens (including phenoxy) is 1. The van der Waals surface area contributed by atoms with Gasteiger partial charge in [0, 0.05) is 18.6 Å². The van der Waals surface area contributed by atoms with E-state index in [0.717, 1.165) is 29.6 Å². The average molecular weight is 520 g/mol. The zero-order valence-corrected chi connectivity index (χ0v) is 22.0. The molecule has 0 spiro atoms. The molecule has 7 nitrogen and oxygen atoms in total. The fourth-order valence-electron chi connectivity index (χ4n) is 6.00. The standard InChI is InChI=1S/C31H37NO6/c1-3-9-20(16-21-10-7-8-13-26(21)34)14-15-27(35)28-22(19-38-2)17-24-29(25(28)18-33)31(37)32(30(24)36)23-11-5-4-6-12-23/h4-8,10-13,16,24-25,27,29,33-35H,3,9,14-15,17-19H2,1-2H3/b20-16+/t24-,25+,27-,29-/m1/s1. The highest BCUT2D eigenvalue weighted by molar-refractivity contribution is 6.22. The number of methoxy groups -OCH3 is 1. The van der Waals surface area contributed by atoms with E-state index < -0.39 is 23.9 Å². The van der Waals surface area contributed by atoms with Gasteiger partial charge in [-0.15, -0.1) is 0 Å². The predicted octanol–water partition coefficient (Wildman–Crippen LogP) is 4.48. The van der Waals surface area contributed by atoms with Crippen LogP contribution in [-0.4, -0.2) is 53.6 Å². The number of carbonyl (C=O) groups excluding carboxylic acids is 2. The topological polar surface area (TPSA) is 107 Å². The monoisotopic (exact) mass is 519 g/mol. The number of para-hydroxylation sites is 2. The Kier molecular flexibility index (Phi) is 9.15. The average Bonchev–Trinajstić information content (AvgIpc) is 3.17. The maximum Gasteiger partial charge on any atom is 0.238 e. The third-order valence-corrected chi connectivity index (χ3v) is 7.68. The zero-order chi connectivity index (χ0) is 27.2. The van der Waals surface area contributed by atoms with E-state index in [9.17, 15) is 24.9 Å². The molecule has 4 atom stereocenters. The van der Waals surface area contributed by atoms with E-state index in [-0.39, 0.29) is 30.8 Å². The molecule has 2 aromatic rings. The molecule has 0 bridgehead atoms. The molecule has 202 valence electrons. The van der Waals surface area contributed by atoms with Crippen molar-refractivity contribution in [3.63, 3.8) is 0 Å². The number of phenolic OH excluding ortho intramolecular Hbond substituents is 1. The number of carbonyl (C=O) groups is 2. The first kappa shape index (κ1) is 27.8. The van der Waals surface area contributed by atoms with Crippen molar-refractivity contribution in [2.75, 3.05) is 25.2 Å². The van der Waals surface area contributed by atoms with Gasteiger partial charge < -0.3 is 20.1 Å². The molecule has 2 aromatic carbocycles. The number of phenols is 1. The first-order valence-electron chi connectivity index (χ1n) is 13.3. The minimum absolute atomic E-state index is 0.206. The molecule has 1 aliphatic heterocycles. The molecule has 1 fully saturated rings. The van der Waals surface area contributed by atoms with Crippen LogP contribution in [0.3, 0.4) is 0 Å². The Balaban J connectivity index is 1.61. The van der Waals surface area contributed by atoms with E-state index in [1.165, 1.54) is 4.90 Å². The smallest absolute Gasteiger partial charge is 0.238 e. The quantitative estimate of drug-likeness (QED) is 0.299. The first-order chi connectivity index (χ1) is 18.4. The third-order valence-electron chi connectivity index (χ3n) is 7.68. The van der Waals surface area contributed by atoms with Crippen molar-refractivity contribution in [1.29, 1.82) is 0 Å². The molecule has 0 unspecified atom stereocenters. The Hall–Kier alpha value is -3.26. The van der Waals surface area contributed by atoms with Crippen molar-refractivity contribution in [2.24, 2.45) is 17.8 Å². The van der Waals surface area contributed by atoms with Gasteiger partial charge in [-0.25, -0.2) is 0 Å². The Morgan fingerprint density at radius 3 is 2.45 bits per heavy atom. The number of nitrogens with zero attached hydrogens (tertiary/aromatic N) is 1. The molecule has 1 heterocycles. The lowest BCUT2D eigenvalue weighted by atomic mass is 9.68. The lowest BCUT2D eigenvalue weighted by Gasteiger charge is -2.36. The van der Waals surface area contributed by atoms with Crippen LogP contribution in [0.4, 0.5) is 5.69 Å². The number of allylic oxidation sites excluding steroid dienone is 1. The summed E-state index contributed by atoms with van der Waals surface area (Å²) in [5, 5.41) is 32.1. The van der Waals surface area contributed by atoms with Gasteiger partial charge in [-0.05, 0) is 55.0 Å². The second kappa shape index (κ2) is 12.5. The van der Waals surface area contributed by atoms with E-state index in [4.69, 9.17) is 4.74 Å². The summed E-state index contributed by atoms with van der Waals surface area (Å²) in [4.78, 5) is 28.2. The lowest BCUT2D eigenvalue weighted by molar-refractivity contribution is -0.123. The molecule has 0 saturated carbocycles. The van der Waals surface area contributed by atoms with Crippen molar-refractivity contribution in [3.8, 4) is 5.75 Å². The summed E-state index contributed by atoms with van der Waals surface area (Å²) >= 11 is 0. The van der Waals surface area contributed by atoms with Gasteiger partial charge >= 0.3 is 0 Å². The third kappa shape index (κ3) is 5.60. The number of anilines is 1. The molecular weight excluding hydrogens is 482 g/mol. The van der Waals surface area contributed by atoms with Crippen molar-refractivity contribution in [3.05, 3.63) is 76.9 Å². The Morgan fingerprint density at radius 2 is 1.79 bits per heavy atom. The zero-order valence-electron chi connectivity index (χ0n) is 22.0. The fourth-order valence-corrected chi connectivity index (χ4v) is 6.00. The summed E-state index contributed by atoms with van der Waals surface area (Å²) in [6, 6.07) is 16.0. The lowest BCUT2D eigenvalue weighted by Crippen LogP contribution is -2.39. The number of amides is 2. The first-order valence-corrected chi connectivity index (χ1v) is 13.3. The molecule has 1 aliphatic carbocycles. The normalized spacial score (nSPS) is 22.7. The van der Waals surface area contributed by atoms with Gasteiger partial charge in [0.25, 0.3) is 0 Å². The van der Waals surface area contributed by atoms with Crippen LogP contribution in [0.1, 0.15) is 44.6 Å². The summed E-state index contributed by atoms with van der Waals surface area (Å²) in [6.45, 7) is 1.95. The number of aliphatic hydroxyl groups excluding tert-OH is 2. The summed E-state index contributed by atoms with van der Waals surface area (Å²) in [7, 11) is 1.56. The molecule has 1 saturated heterocycles. The van der Waals surface area contributed by atoms with E-state index in [1.54, 1.807) is 43.5 Å². The SMILES string of the molecule is CCC/C(=C\c1ccccc1O)CC[C@@H](O)C1=C(COC)C[C@H]2C(=O)N(c3ccccc3)C(=O)[C@H]2[C@H]1CO. The number of hydrogen-bond acceptors (Lipinski definition) is 6. The van der Waals surface area contributed by atoms with Crippen molar-refractivity contribution in [1.82, 2.24) is 0 Å². The van der Waals surface area contributed by atoms with Crippen LogP contribution in [0, 0.1) is 17.8 Å². The molecule has 2 aliphatic rings. The Labute approximate surface area is 224 Å². The van der Waals surface area contributed by atoms with Gasteiger partial charge in [0.1, 0.15) is 5.75 Å². The molecule has 3 N–H and O–H groups in total. The van der Waals surface area contributed by atoms with Crippen molar-refractivity contribution < 1.29 is 29.6 Å². The van der Waals surface area contributed by atoms with Gasteiger partial charge in [0.2, 0.25) is 11.8 Å². The highest BCUT2D eigenvalue weighted by Gasteiger charge is 2.55. The maximum absolute atomic E-state index is 13.6. The Morgan fingerprint density at radius 1 is 1.08 bits per heavy atom. The number of fused-ring (bicyclic) bond motifs is 1. The second-order valence-electron chi connectivity index (χ2n) is 10.1. The van der Waals surface area contributed by atoms with E-state index in [2.05, 4.69) is 6.92 Å². The molecule has 7 heteroatoms. The summed E-state index contributed by atoms with van der Waals surface area (Å²) in [5.74, 6) is -2.41. The van der Waals surface area contributed by atoms with Crippen LogP contribution in [0.2, 0.25) is 0 Å². The van der Waals surface area contributed by atoms with Crippen LogP contribution >= 0.6 is 0 Å². The van der Waals surface area contributed by atoms with Gasteiger partial charge in [-0.2, -0.15) is 0 Å². The summed E-state index contributed by atoms with van der Waals surface area (Å²) < 4.78 is 5.43. The highest BCUT2D eigenvalue weighted by atomic mass is 16.5. The minimum atomic E-state index is -0.906. The molecular formula is C31H37NO6. The number of aromatic hydroxyl groups is 1. The van der Waals surface area contributed by atoms with Crippen LogP contribution in [0.15, 0.2) is 71.3 Å². The van der Waals surface area contributed by atoms with Gasteiger partial charge in [-0.3, -0.25) is 14.5 Å². The number of imide groups is 1. The van der Waals surface area contributed by atoms with E-state index >= 15 is 0 Å². The largest absolute Gasteiger partial charge is 0.507 e. The molecule has 0 radical (unpaired) electrons. The minimum Gasteiger partial charge on any atom is -0.507 e. The van der Waals surface area contributed by atoms with E-state index in [0.29, 0.717) is 30.5 Å². The van der Waals surface area contributed by atoms with Crippen LogP contribution < -0.4 is 4.90 Å². The fraction of sp³-hybridized carbons (Fsp3) is 0.419. The molecule has 0 aromatic heterocycles. The number of hydrogen-bond donors (Lipinski definition) is 3. The Bertz CT molecular complexity index is 1200. The summed E-state index contributed by atoms with van der Waals surface area (Å²) in [5.41, 5.74) is 3.73. The van der Waals surface area contributed by atoms with E-state index in [1.807, 2.05) is 24.3 Å².